The zero-order chi connectivity index (χ0) is 15.8. The molecule has 0 aliphatic heterocycles. The van der Waals surface area contributed by atoms with E-state index in [4.69, 9.17) is 0 Å². The Morgan fingerprint density at radius 3 is 2.73 bits per heavy atom. The average molecular weight is 307 g/mol. The third-order valence-electron chi connectivity index (χ3n) is 2.98. The summed E-state index contributed by atoms with van der Waals surface area (Å²) in [5.74, 6) is 0.829. The maximum absolute atomic E-state index is 12.8. The Morgan fingerprint density at radius 1 is 1.27 bits per heavy atom. The standard InChI is InChI=1S/C15H19F2N5/c1-2-18-15(20-10-12-6-4-3-5-7-12)21-11-13-19-8-9-22(13)14(16)17/h3-9,14H,2,10-11H2,1H3,(H2,18,20,21). The van der Waals surface area contributed by atoms with Crippen LogP contribution in [0.2, 0.25) is 0 Å². The molecule has 0 atom stereocenters. The monoisotopic (exact) mass is 307 g/mol. The number of imidazole rings is 1. The third-order valence-corrected chi connectivity index (χ3v) is 2.98. The van der Waals surface area contributed by atoms with E-state index < -0.39 is 6.55 Å². The molecule has 0 fully saturated rings. The molecular weight excluding hydrogens is 288 g/mol. The van der Waals surface area contributed by atoms with Crippen LogP contribution in [0.1, 0.15) is 24.9 Å². The highest BCUT2D eigenvalue weighted by atomic mass is 19.3. The van der Waals surface area contributed by atoms with Crippen molar-refractivity contribution in [3.8, 4) is 0 Å². The van der Waals surface area contributed by atoms with Gasteiger partial charge in [-0.2, -0.15) is 8.78 Å². The first kappa shape index (κ1) is 15.9. The van der Waals surface area contributed by atoms with Gasteiger partial charge in [0.1, 0.15) is 5.82 Å². The van der Waals surface area contributed by atoms with E-state index in [0.29, 0.717) is 19.0 Å². The van der Waals surface area contributed by atoms with Gasteiger partial charge in [0.25, 0.3) is 0 Å². The Balaban J connectivity index is 1.98. The van der Waals surface area contributed by atoms with Crippen LogP contribution in [0.15, 0.2) is 47.7 Å². The lowest BCUT2D eigenvalue weighted by atomic mass is 10.2. The minimum absolute atomic E-state index is 0.179. The second kappa shape index (κ2) is 8.11. The molecule has 2 rings (SSSR count). The second-order valence-electron chi connectivity index (χ2n) is 4.56. The number of nitrogens with zero attached hydrogens (tertiary/aromatic N) is 3. The van der Waals surface area contributed by atoms with Crippen molar-refractivity contribution in [3.63, 3.8) is 0 Å². The van der Waals surface area contributed by atoms with Gasteiger partial charge in [-0.3, -0.25) is 4.57 Å². The van der Waals surface area contributed by atoms with Crippen molar-refractivity contribution < 1.29 is 8.78 Å². The summed E-state index contributed by atoms with van der Waals surface area (Å²) in [6.45, 7) is 0.726. The van der Waals surface area contributed by atoms with Crippen LogP contribution in [-0.2, 0) is 13.1 Å². The number of alkyl halides is 2. The Hall–Kier alpha value is -2.44. The number of aromatic nitrogens is 2. The Kier molecular flexibility index (Phi) is 5.88. The molecule has 0 amide bonds. The van der Waals surface area contributed by atoms with Crippen molar-refractivity contribution in [2.75, 3.05) is 6.54 Å². The summed E-state index contributed by atoms with van der Waals surface area (Å²) in [5.41, 5.74) is 1.08. The molecule has 7 heteroatoms. The van der Waals surface area contributed by atoms with Crippen LogP contribution in [0.3, 0.4) is 0 Å². The van der Waals surface area contributed by atoms with Crippen molar-refractivity contribution in [2.45, 2.75) is 26.6 Å². The number of guanidine groups is 1. The molecule has 0 saturated heterocycles. The lowest BCUT2D eigenvalue weighted by Crippen LogP contribution is -2.37. The largest absolute Gasteiger partial charge is 0.357 e. The van der Waals surface area contributed by atoms with E-state index in [-0.39, 0.29) is 12.4 Å². The first-order chi connectivity index (χ1) is 10.7. The molecule has 0 radical (unpaired) electrons. The Labute approximate surface area is 128 Å². The van der Waals surface area contributed by atoms with E-state index in [2.05, 4.69) is 20.6 Å². The SMILES string of the molecule is CCNC(=NCc1ccccc1)NCc1nccn1C(F)F. The fraction of sp³-hybridized carbons (Fsp3) is 0.333. The molecule has 118 valence electrons. The van der Waals surface area contributed by atoms with Gasteiger partial charge in [0.15, 0.2) is 5.96 Å². The van der Waals surface area contributed by atoms with Gasteiger partial charge in [0.05, 0.1) is 13.1 Å². The zero-order valence-corrected chi connectivity index (χ0v) is 12.3. The van der Waals surface area contributed by atoms with Crippen LogP contribution in [0.25, 0.3) is 0 Å². The maximum Gasteiger partial charge on any atom is 0.319 e. The minimum Gasteiger partial charge on any atom is -0.357 e. The first-order valence-corrected chi connectivity index (χ1v) is 7.06. The molecule has 1 aromatic carbocycles. The van der Waals surface area contributed by atoms with Crippen LogP contribution in [-0.4, -0.2) is 22.1 Å². The fourth-order valence-corrected chi connectivity index (χ4v) is 1.92. The number of hydrogen-bond acceptors (Lipinski definition) is 2. The van der Waals surface area contributed by atoms with E-state index in [1.165, 1.54) is 12.4 Å². The zero-order valence-electron chi connectivity index (χ0n) is 12.3. The van der Waals surface area contributed by atoms with Gasteiger partial charge in [-0.25, -0.2) is 9.98 Å². The van der Waals surface area contributed by atoms with E-state index in [1.807, 2.05) is 37.3 Å². The van der Waals surface area contributed by atoms with Crippen LogP contribution in [0, 0.1) is 0 Å². The van der Waals surface area contributed by atoms with Gasteiger partial charge in [-0.1, -0.05) is 30.3 Å². The molecule has 1 aromatic heterocycles. The van der Waals surface area contributed by atoms with Crippen molar-refractivity contribution in [3.05, 3.63) is 54.1 Å². The topological polar surface area (TPSA) is 54.2 Å². The molecule has 5 nitrogen and oxygen atoms in total. The van der Waals surface area contributed by atoms with Crippen molar-refractivity contribution in [1.82, 2.24) is 20.2 Å². The number of nitrogens with one attached hydrogen (secondary N) is 2. The maximum atomic E-state index is 12.8. The minimum atomic E-state index is -2.59. The second-order valence-corrected chi connectivity index (χ2v) is 4.56. The molecule has 2 N–H and O–H groups in total. The molecule has 1 heterocycles. The third kappa shape index (κ3) is 4.54. The van der Waals surface area contributed by atoms with E-state index in [0.717, 1.165) is 10.1 Å². The summed E-state index contributed by atoms with van der Waals surface area (Å²) >= 11 is 0. The van der Waals surface area contributed by atoms with E-state index >= 15 is 0 Å². The lowest BCUT2D eigenvalue weighted by molar-refractivity contribution is 0.0668. The van der Waals surface area contributed by atoms with Crippen molar-refractivity contribution in [2.24, 2.45) is 4.99 Å². The molecule has 0 aliphatic rings. The van der Waals surface area contributed by atoms with Gasteiger partial charge in [-0.15, -0.1) is 0 Å². The summed E-state index contributed by atoms with van der Waals surface area (Å²) in [6.07, 6.45) is 2.62. The summed E-state index contributed by atoms with van der Waals surface area (Å²) in [6, 6.07) is 9.81. The predicted octanol–water partition coefficient (Wildman–Crippen LogP) is 2.53. The number of hydrogen-bond donors (Lipinski definition) is 2. The van der Waals surface area contributed by atoms with E-state index in [9.17, 15) is 8.78 Å². The van der Waals surface area contributed by atoms with Crippen LogP contribution in [0.5, 0.6) is 0 Å². The number of aliphatic imine (C=N–C) groups is 1. The summed E-state index contributed by atoms with van der Waals surface area (Å²) < 4.78 is 26.3. The Bertz CT molecular complexity index is 595. The molecule has 0 spiro atoms. The van der Waals surface area contributed by atoms with Gasteiger partial charge in [0.2, 0.25) is 0 Å². The highest BCUT2D eigenvalue weighted by Crippen LogP contribution is 2.11. The van der Waals surface area contributed by atoms with Gasteiger partial charge in [0, 0.05) is 18.9 Å². The van der Waals surface area contributed by atoms with Gasteiger partial charge in [-0.05, 0) is 12.5 Å². The van der Waals surface area contributed by atoms with Crippen molar-refractivity contribution >= 4 is 5.96 Å². The fourth-order valence-electron chi connectivity index (χ4n) is 1.92. The van der Waals surface area contributed by atoms with Crippen LogP contribution < -0.4 is 10.6 Å². The molecular formula is C15H19F2N5. The summed E-state index contributed by atoms with van der Waals surface area (Å²) in [4.78, 5) is 8.35. The smallest absolute Gasteiger partial charge is 0.319 e. The Morgan fingerprint density at radius 2 is 2.05 bits per heavy atom. The molecule has 0 unspecified atom stereocenters. The lowest BCUT2D eigenvalue weighted by Gasteiger charge is -2.12. The molecule has 0 bridgehead atoms. The van der Waals surface area contributed by atoms with E-state index in [1.54, 1.807) is 0 Å². The molecule has 0 saturated carbocycles. The normalized spacial score (nSPS) is 11.7. The predicted molar refractivity (Wildman–Crippen MR) is 81.6 cm³/mol. The molecule has 0 aliphatic carbocycles. The number of benzene rings is 1. The highest BCUT2D eigenvalue weighted by molar-refractivity contribution is 5.79. The number of halogens is 2. The van der Waals surface area contributed by atoms with Gasteiger partial charge < -0.3 is 10.6 Å². The van der Waals surface area contributed by atoms with Crippen LogP contribution >= 0.6 is 0 Å². The highest BCUT2D eigenvalue weighted by Gasteiger charge is 2.11. The van der Waals surface area contributed by atoms with Gasteiger partial charge >= 0.3 is 6.55 Å². The summed E-state index contributed by atoms with van der Waals surface area (Å²) in [7, 11) is 0. The molecule has 2 aromatic rings. The summed E-state index contributed by atoms with van der Waals surface area (Å²) in [5, 5.41) is 6.09. The quantitative estimate of drug-likeness (QED) is 0.637. The molecule has 22 heavy (non-hydrogen) atoms. The number of rotatable bonds is 6. The average Bonchev–Trinajstić information content (AvgIpc) is 3.00. The van der Waals surface area contributed by atoms with Crippen LogP contribution in [0.4, 0.5) is 8.78 Å². The van der Waals surface area contributed by atoms with Crippen molar-refractivity contribution in [1.29, 1.82) is 0 Å². The first-order valence-electron chi connectivity index (χ1n) is 7.06.